The molecule has 3 saturated heterocycles. The van der Waals surface area contributed by atoms with E-state index < -0.39 is 18.2 Å². The number of fused-ring (bicyclic) bond motifs is 3. The van der Waals surface area contributed by atoms with E-state index in [1.807, 2.05) is 6.07 Å². The largest absolute Gasteiger partial charge is 0.508 e. The van der Waals surface area contributed by atoms with E-state index in [1.54, 1.807) is 12.3 Å². The maximum atomic E-state index is 14.1. The van der Waals surface area contributed by atoms with Crippen LogP contribution in [0.4, 0.5) is 19.0 Å². The van der Waals surface area contributed by atoms with Crippen molar-refractivity contribution in [3.8, 4) is 22.9 Å². The van der Waals surface area contributed by atoms with Crippen molar-refractivity contribution in [2.24, 2.45) is 0 Å². The molecular formula is C27H23F3N6O2. The topological polar surface area (TPSA) is 112 Å². The van der Waals surface area contributed by atoms with Gasteiger partial charge in [-0.05, 0) is 42.8 Å². The van der Waals surface area contributed by atoms with E-state index in [0.717, 1.165) is 25.3 Å². The van der Waals surface area contributed by atoms with Gasteiger partial charge in [-0.15, -0.1) is 0 Å². The number of rotatable bonds is 6. The fourth-order valence-corrected chi connectivity index (χ4v) is 5.48. The van der Waals surface area contributed by atoms with Crippen LogP contribution in [0.3, 0.4) is 0 Å². The minimum absolute atomic E-state index is 0.0852. The van der Waals surface area contributed by atoms with Gasteiger partial charge in [-0.1, -0.05) is 0 Å². The summed E-state index contributed by atoms with van der Waals surface area (Å²) in [5.74, 6) is -3.01. The Morgan fingerprint density at radius 2 is 1.89 bits per heavy atom. The first-order valence-corrected chi connectivity index (χ1v) is 12.1. The lowest BCUT2D eigenvalue weighted by Gasteiger charge is -2.56. The number of piperazine rings is 1. The average molecular weight is 521 g/mol. The minimum Gasteiger partial charge on any atom is -0.508 e. The molecule has 2 atom stereocenters. The molecule has 3 fully saturated rings. The molecule has 8 nitrogen and oxygen atoms in total. The first-order valence-electron chi connectivity index (χ1n) is 12.1. The summed E-state index contributed by atoms with van der Waals surface area (Å²) in [7, 11) is 0. The number of aromatic nitrogens is 3. The normalized spacial score (nSPS) is 19.4. The number of pyridine rings is 2. The highest BCUT2D eigenvalue weighted by Gasteiger charge is 2.45. The van der Waals surface area contributed by atoms with Crippen LogP contribution in [0.1, 0.15) is 23.2 Å². The number of phenolic OH excluding ortho intramolecular Hbond substituents is 1. The first-order chi connectivity index (χ1) is 18.3. The molecule has 3 N–H and O–H groups in total. The average Bonchev–Trinajstić information content (AvgIpc) is 3.38. The summed E-state index contributed by atoms with van der Waals surface area (Å²) < 4.78 is 41.8. The predicted molar refractivity (Wildman–Crippen MR) is 133 cm³/mol. The summed E-state index contributed by atoms with van der Waals surface area (Å²) >= 11 is 0. The van der Waals surface area contributed by atoms with Crippen LogP contribution < -0.4 is 4.90 Å². The standard InChI is InChI=1S/C27H23F3N6O2/c28-18-2-3-22(38)16(5-18)11-36-19-6-20(36)13-35(12-19)24-4-1-15(9-32-24)25-17(8-31)10-33-26-21(25)7-23(34-26)27(29,30)14-37/h1-5,7,9-10,19-20,37-38H,6,11-14H2,(H,33,34). The van der Waals surface area contributed by atoms with Crippen LogP contribution in [0.2, 0.25) is 0 Å². The second-order valence-corrected chi connectivity index (χ2v) is 9.77. The summed E-state index contributed by atoms with van der Waals surface area (Å²) in [6.45, 7) is 0.565. The number of nitriles is 1. The number of hydrogen-bond donors (Lipinski definition) is 3. The monoisotopic (exact) mass is 520 g/mol. The van der Waals surface area contributed by atoms with Gasteiger partial charge in [0, 0.05) is 66.2 Å². The number of aliphatic hydroxyl groups excluding tert-OH is 1. The highest BCUT2D eigenvalue weighted by atomic mass is 19.3. The molecular weight excluding hydrogens is 497 g/mol. The Morgan fingerprint density at radius 1 is 1.11 bits per heavy atom. The Kier molecular flexibility index (Phi) is 5.74. The molecule has 2 unspecified atom stereocenters. The van der Waals surface area contributed by atoms with Crippen molar-refractivity contribution in [2.75, 3.05) is 24.6 Å². The van der Waals surface area contributed by atoms with E-state index in [-0.39, 0.29) is 34.9 Å². The Bertz CT molecular complexity index is 1550. The fourth-order valence-electron chi connectivity index (χ4n) is 5.48. The van der Waals surface area contributed by atoms with Crippen LogP contribution in [0, 0.1) is 17.1 Å². The fraction of sp³-hybridized carbons (Fsp3) is 0.296. The van der Waals surface area contributed by atoms with Gasteiger partial charge in [-0.2, -0.15) is 14.0 Å². The highest BCUT2D eigenvalue weighted by molar-refractivity contribution is 5.96. The number of alkyl halides is 2. The van der Waals surface area contributed by atoms with Crippen molar-refractivity contribution in [1.29, 1.82) is 5.26 Å². The zero-order valence-corrected chi connectivity index (χ0v) is 20.1. The first kappa shape index (κ1) is 24.2. The van der Waals surface area contributed by atoms with E-state index in [1.165, 1.54) is 30.5 Å². The summed E-state index contributed by atoms with van der Waals surface area (Å²) in [5, 5.41) is 29.1. The van der Waals surface area contributed by atoms with Crippen molar-refractivity contribution >= 4 is 16.9 Å². The molecule has 0 saturated carbocycles. The van der Waals surface area contributed by atoms with Gasteiger partial charge in [-0.3, -0.25) is 4.90 Å². The maximum absolute atomic E-state index is 14.1. The number of aliphatic hydroxyl groups is 1. The van der Waals surface area contributed by atoms with Crippen molar-refractivity contribution in [3.05, 3.63) is 71.4 Å². The third-order valence-corrected chi connectivity index (χ3v) is 7.47. The minimum atomic E-state index is -3.47. The van der Waals surface area contributed by atoms with Crippen molar-refractivity contribution in [2.45, 2.75) is 31.0 Å². The smallest absolute Gasteiger partial charge is 0.310 e. The predicted octanol–water partition coefficient (Wildman–Crippen LogP) is 3.89. The molecule has 3 aromatic heterocycles. The Morgan fingerprint density at radius 3 is 2.58 bits per heavy atom. The molecule has 4 aromatic rings. The number of nitrogens with one attached hydrogen (secondary N) is 1. The van der Waals surface area contributed by atoms with Gasteiger partial charge in [0.15, 0.2) is 0 Å². The quantitative estimate of drug-likeness (QED) is 0.354. The molecule has 0 aliphatic carbocycles. The number of hydrogen-bond acceptors (Lipinski definition) is 7. The lowest BCUT2D eigenvalue weighted by atomic mass is 9.86. The lowest BCUT2D eigenvalue weighted by molar-refractivity contribution is -0.0586. The van der Waals surface area contributed by atoms with Crippen LogP contribution in [0.25, 0.3) is 22.2 Å². The molecule has 0 amide bonds. The molecule has 0 radical (unpaired) electrons. The van der Waals surface area contributed by atoms with Gasteiger partial charge in [0.05, 0.1) is 11.3 Å². The third kappa shape index (κ3) is 4.02. The second-order valence-electron chi connectivity index (χ2n) is 9.77. The number of benzene rings is 1. The van der Waals surface area contributed by atoms with Crippen LogP contribution in [0.5, 0.6) is 5.75 Å². The van der Waals surface area contributed by atoms with Crippen LogP contribution >= 0.6 is 0 Å². The van der Waals surface area contributed by atoms with Gasteiger partial charge in [0.25, 0.3) is 0 Å². The summed E-state index contributed by atoms with van der Waals surface area (Å²) in [6, 6.07) is 11.4. The van der Waals surface area contributed by atoms with Crippen molar-refractivity contribution in [3.63, 3.8) is 0 Å². The summed E-state index contributed by atoms with van der Waals surface area (Å²) in [4.78, 5) is 15.7. The molecule has 1 aromatic carbocycles. The van der Waals surface area contributed by atoms with Gasteiger partial charge in [-0.25, -0.2) is 14.4 Å². The number of anilines is 1. The van der Waals surface area contributed by atoms with Gasteiger partial charge in [0.2, 0.25) is 0 Å². The van der Waals surface area contributed by atoms with Crippen molar-refractivity contribution in [1.82, 2.24) is 19.9 Å². The van der Waals surface area contributed by atoms with E-state index in [0.29, 0.717) is 28.6 Å². The third-order valence-electron chi connectivity index (χ3n) is 7.47. The molecule has 38 heavy (non-hydrogen) atoms. The van der Waals surface area contributed by atoms with E-state index >= 15 is 0 Å². The number of aromatic amines is 1. The lowest BCUT2D eigenvalue weighted by Crippen LogP contribution is -2.68. The Balaban J connectivity index is 1.23. The van der Waals surface area contributed by atoms with Gasteiger partial charge < -0.3 is 20.1 Å². The van der Waals surface area contributed by atoms with E-state index in [4.69, 9.17) is 5.11 Å². The highest BCUT2D eigenvalue weighted by Crippen LogP contribution is 2.38. The number of phenols is 1. The molecule has 3 aliphatic rings. The second kappa shape index (κ2) is 9.01. The molecule has 3 aliphatic heterocycles. The van der Waals surface area contributed by atoms with Crippen LogP contribution in [0.15, 0.2) is 48.8 Å². The van der Waals surface area contributed by atoms with Crippen molar-refractivity contribution < 1.29 is 23.4 Å². The van der Waals surface area contributed by atoms with Gasteiger partial charge in [0.1, 0.15) is 35.7 Å². The zero-order chi connectivity index (χ0) is 26.6. The molecule has 194 valence electrons. The summed E-state index contributed by atoms with van der Waals surface area (Å²) in [5.41, 5.74) is 1.52. The maximum Gasteiger partial charge on any atom is 0.310 e. The molecule has 0 spiro atoms. The Labute approximate surface area is 215 Å². The van der Waals surface area contributed by atoms with Gasteiger partial charge >= 0.3 is 5.92 Å². The SMILES string of the molecule is N#Cc1cnc2[nH]c(C(F)(F)CO)cc2c1-c1ccc(N2CC3CC(C2)N3Cc2cc(F)ccc2O)nc1. The number of nitrogens with zero attached hydrogens (tertiary/aromatic N) is 5. The van der Waals surface area contributed by atoms with E-state index in [9.17, 15) is 23.5 Å². The molecule has 2 bridgehead atoms. The number of H-pyrrole nitrogens is 1. The number of aromatic hydroxyl groups is 1. The molecule has 6 heterocycles. The zero-order valence-electron chi connectivity index (χ0n) is 20.1. The summed E-state index contributed by atoms with van der Waals surface area (Å²) in [6.07, 6.45) is 3.95. The van der Waals surface area contributed by atoms with Crippen LogP contribution in [-0.2, 0) is 12.5 Å². The molecule has 11 heteroatoms. The van der Waals surface area contributed by atoms with E-state index in [2.05, 4.69) is 30.8 Å². The molecule has 7 rings (SSSR count). The Hall–Kier alpha value is -4.14. The number of halogens is 3. The number of piperidine rings is 1. The van der Waals surface area contributed by atoms with Crippen LogP contribution in [-0.4, -0.2) is 61.8 Å².